The number of nitrogens with one attached hydrogen (secondary N) is 2. The number of thiocarbonyl (C=S) groups is 1. The maximum atomic E-state index is 13.0. The molecule has 1 aromatic heterocycles. The molecule has 1 aromatic carbocycles. The number of ether oxygens (including phenoxy) is 1. The standard InChI is InChI=1S/C25H35N3O3S2/c1-9-28(10-2)22(29)20-15(3)19(23(30)31-8)21(33-20)27-24(32)26-16(4)17-11-13-18(14-12-17)25(5,6)7/h11-14,16H,9-10H2,1-8H3,(H2,26,27,32)/t16-/m1/s1. The van der Waals surface area contributed by atoms with E-state index in [0.29, 0.717) is 39.2 Å². The fourth-order valence-electron chi connectivity index (χ4n) is 3.50. The van der Waals surface area contributed by atoms with Gasteiger partial charge in [-0.25, -0.2) is 4.79 Å². The molecule has 33 heavy (non-hydrogen) atoms. The second kappa shape index (κ2) is 11.1. The van der Waals surface area contributed by atoms with E-state index in [1.807, 2.05) is 20.8 Å². The summed E-state index contributed by atoms with van der Waals surface area (Å²) in [5, 5.41) is 7.26. The van der Waals surface area contributed by atoms with Gasteiger partial charge in [-0.2, -0.15) is 0 Å². The van der Waals surface area contributed by atoms with Crippen molar-refractivity contribution in [1.29, 1.82) is 0 Å². The van der Waals surface area contributed by atoms with Gasteiger partial charge in [0.05, 0.1) is 23.6 Å². The molecule has 0 aliphatic carbocycles. The SMILES string of the molecule is CCN(CC)C(=O)c1sc(NC(=S)N[C@H](C)c2ccc(C(C)(C)C)cc2)c(C(=O)OC)c1C. The summed E-state index contributed by atoms with van der Waals surface area (Å²) in [4.78, 5) is 27.7. The summed E-state index contributed by atoms with van der Waals surface area (Å²) in [6.07, 6.45) is 0. The van der Waals surface area contributed by atoms with Crippen molar-refractivity contribution in [3.05, 3.63) is 51.4 Å². The number of rotatable bonds is 7. The number of esters is 1. The van der Waals surface area contributed by atoms with Crippen LogP contribution in [0.1, 0.15) is 84.3 Å². The van der Waals surface area contributed by atoms with Crippen LogP contribution in [0.4, 0.5) is 5.00 Å². The van der Waals surface area contributed by atoms with Gasteiger partial charge < -0.3 is 20.3 Å². The van der Waals surface area contributed by atoms with Crippen LogP contribution < -0.4 is 10.6 Å². The number of nitrogens with zero attached hydrogens (tertiary/aromatic N) is 1. The van der Waals surface area contributed by atoms with Crippen LogP contribution >= 0.6 is 23.6 Å². The van der Waals surface area contributed by atoms with E-state index in [9.17, 15) is 9.59 Å². The molecule has 2 rings (SSSR count). The van der Waals surface area contributed by atoms with Crippen molar-refractivity contribution in [3.63, 3.8) is 0 Å². The molecule has 6 nitrogen and oxygen atoms in total. The summed E-state index contributed by atoms with van der Waals surface area (Å²) in [5.74, 6) is -0.606. The highest BCUT2D eigenvalue weighted by atomic mass is 32.1. The molecule has 0 aliphatic rings. The van der Waals surface area contributed by atoms with E-state index in [1.54, 1.807) is 11.8 Å². The molecule has 0 spiro atoms. The molecule has 0 saturated carbocycles. The van der Waals surface area contributed by atoms with Crippen molar-refractivity contribution < 1.29 is 14.3 Å². The number of methoxy groups -OCH3 is 1. The van der Waals surface area contributed by atoms with E-state index in [2.05, 4.69) is 55.7 Å². The highest BCUT2D eigenvalue weighted by molar-refractivity contribution is 7.80. The molecule has 1 atom stereocenters. The molecule has 8 heteroatoms. The Balaban J connectivity index is 2.24. The van der Waals surface area contributed by atoms with Crippen molar-refractivity contribution in [1.82, 2.24) is 10.2 Å². The number of carbonyl (C=O) groups is 2. The monoisotopic (exact) mass is 489 g/mol. The predicted octanol–water partition coefficient (Wildman–Crippen LogP) is 5.67. The van der Waals surface area contributed by atoms with Crippen LogP contribution in [0.3, 0.4) is 0 Å². The Labute approximate surface area is 206 Å². The van der Waals surface area contributed by atoms with Gasteiger partial charge in [0, 0.05) is 13.1 Å². The maximum Gasteiger partial charge on any atom is 0.341 e. The molecule has 0 radical (unpaired) electrons. The van der Waals surface area contributed by atoms with Gasteiger partial charge in [0.1, 0.15) is 5.00 Å². The third-order valence-electron chi connectivity index (χ3n) is 5.63. The Morgan fingerprint density at radius 1 is 1.15 bits per heavy atom. The summed E-state index contributed by atoms with van der Waals surface area (Å²) in [5.41, 5.74) is 3.39. The Morgan fingerprint density at radius 2 is 1.73 bits per heavy atom. The molecule has 180 valence electrons. The summed E-state index contributed by atoms with van der Waals surface area (Å²) in [6, 6.07) is 8.41. The van der Waals surface area contributed by atoms with Crippen LogP contribution in [-0.2, 0) is 10.2 Å². The van der Waals surface area contributed by atoms with Crippen molar-refractivity contribution in [2.24, 2.45) is 0 Å². The number of anilines is 1. The molecule has 1 amide bonds. The quantitative estimate of drug-likeness (QED) is 0.386. The zero-order valence-corrected chi connectivity index (χ0v) is 22.4. The van der Waals surface area contributed by atoms with E-state index < -0.39 is 5.97 Å². The minimum absolute atomic E-state index is 0.0431. The average Bonchev–Trinajstić information content (AvgIpc) is 3.08. The Kier molecular flexibility index (Phi) is 9.03. The molecule has 1 heterocycles. The van der Waals surface area contributed by atoms with Gasteiger partial charge in [0.25, 0.3) is 5.91 Å². The predicted molar refractivity (Wildman–Crippen MR) is 141 cm³/mol. The number of hydrogen-bond acceptors (Lipinski definition) is 5. The van der Waals surface area contributed by atoms with Crippen LogP contribution in [0.5, 0.6) is 0 Å². The van der Waals surface area contributed by atoms with Crippen LogP contribution in [0.2, 0.25) is 0 Å². The molecule has 2 N–H and O–H groups in total. The molecule has 0 fully saturated rings. The second-order valence-electron chi connectivity index (χ2n) is 8.92. The van der Waals surface area contributed by atoms with E-state index in [4.69, 9.17) is 17.0 Å². The number of thiophene rings is 1. The first-order valence-corrected chi connectivity index (χ1v) is 12.4. The maximum absolute atomic E-state index is 13.0. The Morgan fingerprint density at radius 3 is 2.21 bits per heavy atom. The summed E-state index contributed by atoms with van der Waals surface area (Å²) in [6.45, 7) is 15.4. The lowest BCUT2D eigenvalue weighted by molar-refractivity contribution is 0.0601. The smallest absolute Gasteiger partial charge is 0.341 e. The van der Waals surface area contributed by atoms with Crippen molar-refractivity contribution in [3.8, 4) is 0 Å². The van der Waals surface area contributed by atoms with Gasteiger partial charge in [-0.15, -0.1) is 11.3 Å². The van der Waals surface area contributed by atoms with Gasteiger partial charge in [-0.1, -0.05) is 45.0 Å². The fraction of sp³-hybridized carbons (Fsp3) is 0.480. The Hall–Kier alpha value is -2.45. The molecular weight excluding hydrogens is 454 g/mol. The molecule has 0 saturated heterocycles. The first-order valence-electron chi connectivity index (χ1n) is 11.1. The number of amides is 1. The van der Waals surface area contributed by atoms with E-state index in [-0.39, 0.29) is 17.4 Å². The molecule has 2 aromatic rings. The first-order chi connectivity index (χ1) is 15.4. The van der Waals surface area contributed by atoms with Gasteiger partial charge in [-0.3, -0.25) is 4.79 Å². The topological polar surface area (TPSA) is 70.7 Å². The van der Waals surface area contributed by atoms with Crippen molar-refractivity contribution >= 4 is 45.5 Å². The number of hydrogen-bond donors (Lipinski definition) is 2. The lowest BCUT2D eigenvalue weighted by Crippen LogP contribution is -2.31. The fourth-order valence-corrected chi connectivity index (χ4v) is 5.01. The molecular formula is C25H35N3O3S2. The van der Waals surface area contributed by atoms with E-state index in [0.717, 1.165) is 5.56 Å². The highest BCUT2D eigenvalue weighted by Crippen LogP contribution is 2.34. The van der Waals surface area contributed by atoms with Gasteiger partial charge in [-0.05, 0) is 62.0 Å². The number of carbonyl (C=O) groups excluding carboxylic acids is 2. The first kappa shape index (κ1) is 26.8. The van der Waals surface area contributed by atoms with Crippen molar-refractivity contribution in [2.45, 2.75) is 59.9 Å². The van der Waals surface area contributed by atoms with Crippen LogP contribution in [-0.4, -0.2) is 42.1 Å². The van der Waals surface area contributed by atoms with Crippen molar-refractivity contribution in [2.75, 3.05) is 25.5 Å². The Bertz CT molecular complexity index is 1000. The van der Waals surface area contributed by atoms with Crippen LogP contribution in [0.15, 0.2) is 24.3 Å². The highest BCUT2D eigenvalue weighted by Gasteiger charge is 2.27. The van der Waals surface area contributed by atoms with E-state index in [1.165, 1.54) is 24.0 Å². The summed E-state index contributed by atoms with van der Waals surface area (Å²) in [7, 11) is 1.33. The van der Waals surface area contributed by atoms with Gasteiger partial charge >= 0.3 is 5.97 Å². The minimum atomic E-state index is -0.501. The van der Waals surface area contributed by atoms with Gasteiger partial charge in [0.2, 0.25) is 0 Å². The average molecular weight is 490 g/mol. The second-order valence-corrected chi connectivity index (χ2v) is 10.4. The molecule has 0 aliphatic heterocycles. The number of benzene rings is 1. The third-order valence-corrected chi connectivity index (χ3v) is 7.05. The molecule has 0 unspecified atom stereocenters. The molecule has 0 bridgehead atoms. The largest absolute Gasteiger partial charge is 0.465 e. The summed E-state index contributed by atoms with van der Waals surface area (Å²) >= 11 is 6.75. The normalized spacial score (nSPS) is 12.1. The van der Waals surface area contributed by atoms with Crippen LogP contribution in [0.25, 0.3) is 0 Å². The lowest BCUT2D eigenvalue weighted by atomic mass is 9.86. The summed E-state index contributed by atoms with van der Waals surface area (Å²) < 4.78 is 4.97. The lowest BCUT2D eigenvalue weighted by Gasteiger charge is -2.21. The van der Waals surface area contributed by atoms with E-state index >= 15 is 0 Å². The minimum Gasteiger partial charge on any atom is -0.465 e. The zero-order chi connectivity index (χ0) is 24.9. The third kappa shape index (κ3) is 6.32. The van der Waals surface area contributed by atoms with Gasteiger partial charge in [0.15, 0.2) is 5.11 Å². The zero-order valence-electron chi connectivity index (χ0n) is 20.8. The van der Waals surface area contributed by atoms with Crippen LogP contribution in [0, 0.1) is 6.92 Å².